The van der Waals surface area contributed by atoms with E-state index in [2.05, 4.69) is 5.32 Å². The van der Waals surface area contributed by atoms with Crippen molar-refractivity contribution in [3.05, 3.63) is 40.7 Å². The van der Waals surface area contributed by atoms with Crippen LogP contribution in [0.3, 0.4) is 0 Å². The molecule has 0 aliphatic heterocycles. The second-order valence-electron chi connectivity index (χ2n) is 5.14. The van der Waals surface area contributed by atoms with Gasteiger partial charge < -0.3 is 14.2 Å². The van der Waals surface area contributed by atoms with E-state index in [9.17, 15) is 13.2 Å². The standard InChI is InChI=1S/C14H18N2O5S/c1-7-5-11(9(3)20-7)8(2)16-14(17)12-6-13(10(4)21-12)22(15,18)19/h5-6,8H,1-4H3,(H,16,17)(H2,15,18,19)/t8-/m0/s1. The van der Waals surface area contributed by atoms with E-state index in [0.29, 0.717) is 5.76 Å². The summed E-state index contributed by atoms with van der Waals surface area (Å²) in [6.07, 6.45) is 0. The summed E-state index contributed by atoms with van der Waals surface area (Å²) in [7, 11) is -3.92. The van der Waals surface area contributed by atoms with Crippen LogP contribution < -0.4 is 10.5 Å². The molecule has 0 aliphatic rings. The summed E-state index contributed by atoms with van der Waals surface area (Å²) in [5.74, 6) is 0.913. The second kappa shape index (κ2) is 5.62. The molecule has 0 spiro atoms. The number of amides is 1. The van der Waals surface area contributed by atoms with Crippen LogP contribution in [-0.2, 0) is 10.0 Å². The predicted octanol–water partition coefficient (Wildman–Crippen LogP) is 1.94. The summed E-state index contributed by atoms with van der Waals surface area (Å²) in [6, 6.07) is 2.65. The van der Waals surface area contributed by atoms with Crippen LogP contribution in [0.2, 0.25) is 0 Å². The third kappa shape index (κ3) is 3.23. The number of carbonyl (C=O) groups is 1. The minimum atomic E-state index is -3.92. The van der Waals surface area contributed by atoms with Gasteiger partial charge in [-0.15, -0.1) is 0 Å². The molecule has 2 rings (SSSR count). The Labute approximate surface area is 128 Å². The minimum absolute atomic E-state index is 0.0793. The van der Waals surface area contributed by atoms with E-state index in [0.717, 1.165) is 17.4 Å². The Morgan fingerprint density at radius 3 is 2.27 bits per heavy atom. The van der Waals surface area contributed by atoms with Gasteiger partial charge in [-0.2, -0.15) is 0 Å². The Bertz CT molecular complexity index is 816. The molecule has 1 atom stereocenters. The van der Waals surface area contributed by atoms with Crippen molar-refractivity contribution < 1.29 is 22.0 Å². The van der Waals surface area contributed by atoms with Gasteiger partial charge in [-0.05, 0) is 33.8 Å². The molecule has 0 radical (unpaired) electrons. The normalized spacial score (nSPS) is 13.1. The third-order valence-electron chi connectivity index (χ3n) is 3.30. The van der Waals surface area contributed by atoms with Crippen molar-refractivity contribution >= 4 is 15.9 Å². The zero-order valence-electron chi connectivity index (χ0n) is 12.8. The summed E-state index contributed by atoms with van der Waals surface area (Å²) < 4.78 is 33.3. The van der Waals surface area contributed by atoms with Gasteiger partial charge in [0.2, 0.25) is 10.0 Å². The first-order chi connectivity index (χ1) is 10.1. The van der Waals surface area contributed by atoms with Crippen LogP contribution in [0.4, 0.5) is 0 Å². The molecular weight excluding hydrogens is 308 g/mol. The molecule has 2 aromatic rings. The molecule has 1 amide bonds. The van der Waals surface area contributed by atoms with Crippen LogP contribution >= 0.6 is 0 Å². The number of rotatable bonds is 4. The lowest BCUT2D eigenvalue weighted by molar-refractivity contribution is 0.0910. The molecule has 3 N–H and O–H groups in total. The quantitative estimate of drug-likeness (QED) is 0.890. The van der Waals surface area contributed by atoms with Crippen molar-refractivity contribution in [1.82, 2.24) is 5.32 Å². The lowest BCUT2D eigenvalue weighted by Crippen LogP contribution is -2.26. The molecule has 0 unspecified atom stereocenters. The third-order valence-corrected chi connectivity index (χ3v) is 4.31. The van der Waals surface area contributed by atoms with Crippen molar-refractivity contribution in [3.63, 3.8) is 0 Å². The average Bonchev–Trinajstić information content (AvgIpc) is 2.91. The minimum Gasteiger partial charge on any atom is -0.466 e. The maximum Gasteiger partial charge on any atom is 0.287 e. The summed E-state index contributed by atoms with van der Waals surface area (Å²) in [5.41, 5.74) is 0.848. The van der Waals surface area contributed by atoms with Crippen LogP contribution in [0.15, 0.2) is 25.9 Å². The van der Waals surface area contributed by atoms with E-state index in [-0.39, 0.29) is 22.5 Å². The highest BCUT2D eigenvalue weighted by Crippen LogP contribution is 2.23. The molecule has 120 valence electrons. The number of furan rings is 2. The Morgan fingerprint density at radius 1 is 1.18 bits per heavy atom. The average molecular weight is 326 g/mol. The van der Waals surface area contributed by atoms with Crippen LogP contribution in [0.25, 0.3) is 0 Å². The number of aryl methyl sites for hydroxylation is 3. The van der Waals surface area contributed by atoms with Gasteiger partial charge in [0.15, 0.2) is 5.76 Å². The molecule has 8 heteroatoms. The van der Waals surface area contributed by atoms with E-state index < -0.39 is 15.9 Å². The Balaban J connectivity index is 2.21. The summed E-state index contributed by atoms with van der Waals surface area (Å²) >= 11 is 0. The van der Waals surface area contributed by atoms with Crippen molar-refractivity contribution in [2.45, 2.75) is 38.6 Å². The lowest BCUT2D eigenvalue weighted by atomic mass is 10.1. The molecule has 22 heavy (non-hydrogen) atoms. The van der Waals surface area contributed by atoms with Crippen molar-refractivity contribution in [1.29, 1.82) is 0 Å². The number of hydrogen-bond acceptors (Lipinski definition) is 5. The number of primary sulfonamides is 1. The second-order valence-corrected chi connectivity index (χ2v) is 6.67. The van der Waals surface area contributed by atoms with E-state index >= 15 is 0 Å². The molecule has 0 saturated heterocycles. The molecular formula is C14H18N2O5S. The van der Waals surface area contributed by atoms with Crippen LogP contribution in [0, 0.1) is 20.8 Å². The van der Waals surface area contributed by atoms with E-state index in [1.807, 2.05) is 13.0 Å². The maximum atomic E-state index is 12.2. The zero-order chi connectivity index (χ0) is 16.7. The summed E-state index contributed by atoms with van der Waals surface area (Å²) in [6.45, 7) is 6.86. The van der Waals surface area contributed by atoms with Gasteiger partial charge in [0.25, 0.3) is 5.91 Å². The Hall–Kier alpha value is -2.06. The topological polar surface area (TPSA) is 116 Å². The first-order valence-electron chi connectivity index (χ1n) is 6.60. The number of carbonyl (C=O) groups excluding carboxylic acids is 1. The Kier molecular flexibility index (Phi) is 4.17. The maximum absolute atomic E-state index is 12.2. The fraction of sp³-hybridized carbons (Fsp3) is 0.357. The van der Waals surface area contributed by atoms with E-state index in [1.165, 1.54) is 6.92 Å². The largest absolute Gasteiger partial charge is 0.466 e. The molecule has 2 heterocycles. The van der Waals surface area contributed by atoms with Gasteiger partial charge in [0.05, 0.1) is 6.04 Å². The number of sulfonamides is 1. The molecule has 0 bridgehead atoms. The fourth-order valence-corrected chi connectivity index (χ4v) is 3.00. The van der Waals surface area contributed by atoms with Crippen molar-refractivity contribution in [3.8, 4) is 0 Å². The molecule has 0 saturated carbocycles. The number of hydrogen-bond donors (Lipinski definition) is 2. The smallest absolute Gasteiger partial charge is 0.287 e. The number of nitrogens with one attached hydrogen (secondary N) is 1. The SMILES string of the molecule is Cc1cc([C@H](C)NC(=O)c2cc(S(N)(=O)=O)c(C)o2)c(C)o1. The fourth-order valence-electron chi connectivity index (χ4n) is 2.29. The molecule has 0 aromatic carbocycles. The summed E-state index contributed by atoms with van der Waals surface area (Å²) in [5, 5.41) is 7.78. The first kappa shape index (κ1) is 16.3. The van der Waals surface area contributed by atoms with Gasteiger partial charge in [-0.25, -0.2) is 13.6 Å². The van der Waals surface area contributed by atoms with E-state index in [4.69, 9.17) is 14.0 Å². The van der Waals surface area contributed by atoms with Crippen molar-refractivity contribution in [2.24, 2.45) is 5.14 Å². The van der Waals surface area contributed by atoms with Gasteiger partial charge in [-0.1, -0.05) is 0 Å². The number of nitrogens with two attached hydrogens (primary N) is 1. The van der Waals surface area contributed by atoms with Gasteiger partial charge >= 0.3 is 0 Å². The molecule has 2 aromatic heterocycles. The monoisotopic (exact) mass is 326 g/mol. The summed E-state index contributed by atoms with van der Waals surface area (Å²) in [4.78, 5) is 12.0. The van der Waals surface area contributed by atoms with Crippen LogP contribution in [-0.4, -0.2) is 14.3 Å². The molecule has 7 nitrogen and oxygen atoms in total. The van der Waals surface area contributed by atoms with Crippen LogP contribution in [0.1, 0.15) is 46.4 Å². The van der Waals surface area contributed by atoms with E-state index in [1.54, 1.807) is 13.8 Å². The van der Waals surface area contributed by atoms with Gasteiger partial charge in [0, 0.05) is 11.6 Å². The van der Waals surface area contributed by atoms with Crippen LogP contribution in [0.5, 0.6) is 0 Å². The highest BCUT2D eigenvalue weighted by atomic mass is 32.2. The highest BCUT2D eigenvalue weighted by Gasteiger charge is 2.23. The molecule has 0 aliphatic carbocycles. The predicted molar refractivity (Wildman–Crippen MR) is 78.9 cm³/mol. The van der Waals surface area contributed by atoms with Crippen molar-refractivity contribution in [2.75, 3.05) is 0 Å². The highest BCUT2D eigenvalue weighted by molar-refractivity contribution is 7.89. The zero-order valence-corrected chi connectivity index (χ0v) is 13.6. The lowest BCUT2D eigenvalue weighted by Gasteiger charge is -2.11. The van der Waals surface area contributed by atoms with Gasteiger partial charge in [0.1, 0.15) is 22.2 Å². The van der Waals surface area contributed by atoms with Gasteiger partial charge in [-0.3, -0.25) is 4.79 Å². The Morgan fingerprint density at radius 2 is 1.82 bits per heavy atom. The first-order valence-corrected chi connectivity index (χ1v) is 8.15. The molecule has 0 fully saturated rings.